The van der Waals surface area contributed by atoms with Gasteiger partial charge in [0.1, 0.15) is 17.7 Å². The van der Waals surface area contributed by atoms with Crippen molar-refractivity contribution < 1.29 is 29.3 Å². The van der Waals surface area contributed by atoms with Gasteiger partial charge in [0, 0.05) is 50.9 Å². The average Bonchev–Trinajstić information content (AvgIpc) is 3.63. The summed E-state index contributed by atoms with van der Waals surface area (Å²) in [7, 11) is 0. The first-order chi connectivity index (χ1) is 23.5. The second kappa shape index (κ2) is 15.7. The van der Waals surface area contributed by atoms with Crippen molar-refractivity contribution in [2.75, 3.05) is 47.9 Å². The SMILES string of the molecule is CCNC(=O)[C@H]1O[C@@H](n2cnc3c(N)nc(NCCc4ccc(CCC(=O)NCCN(C(C)=O)c5ccc(N)cc5)cc4)nc32)[C@H](O)C1O. The number of carbonyl (C=O) groups excluding carboxylic acids is 3. The number of anilines is 4. The molecule has 2 aromatic heterocycles. The Morgan fingerprint density at radius 3 is 2.31 bits per heavy atom. The number of aliphatic hydroxyl groups excluding tert-OH is 2. The van der Waals surface area contributed by atoms with E-state index in [1.807, 2.05) is 24.3 Å². The van der Waals surface area contributed by atoms with Crippen molar-refractivity contribution >= 4 is 52.0 Å². The molecule has 3 amide bonds. The Labute approximate surface area is 282 Å². The first-order valence-corrected chi connectivity index (χ1v) is 16.1. The molecule has 4 aromatic rings. The first kappa shape index (κ1) is 35.0. The molecule has 260 valence electrons. The van der Waals surface area contributed by atoms with Crippen LogP contribution in [0.25, 0.3) is 11.2 Å². The normalized spacial score (nSPS) is 18.7. The molecule has 5 rings (SSSR count). The molecule has 1 fully saturated rings. The molecule has 1 saturated heterocycles. The van der Waals surface area contributed by atoms with Gasteiger partial charge < -0.3 is 47.3 Å². The van der Waals surface area contributed by atoms with E-state index < -0.39 is 30.4 Å². The molecule has 1 unspecified atom stereocenters. The quantitative estimate of drug-likeness (QED) is 0.0906. The number of nitrogens with two attached hydrogens (primary N) is 2. The van der Waals surface area contributed by atoms with E-state index >= 15 is 0 Å². The van der Waals surface area contributed by atoms with Crippen molar-refractivity contribution in [2.24, 2.45) is 0 Å². The smallest absolute Gasteiger partial charge is 0.252 e. The van der Waals surface area contributed by atoms with Crippen LogP contribution in [0.2, 0.25) is 0 Å². The average molecular weight is 675 g/mol. The van der Waals surface area contributed by atoms with Crippen LogP contribution < -0.4 is 32.3 Å². The number of ether oxygens (including phenoxy) is 1. The summed E-state index contributed by atoms with van der Waals surface area (Å²) in [6, 6.07) is 15.0. The highest BCUT2D eigenvalue weighted by atomic mass is 16.6. The standard InChI is InChI=1S/C33H42N10O6/c1-3-36-31(48)28-26(46)27(47)32(49-28)43-18-39-25-29(35)40-33(41-30(25)43)38-15-14-21-6-4-20(5-7-21)8-13-24(45)37-16-17-42(19(2)44)23-11-9-22(34)10-12-23/h4-7,9-12,18,26-28,32,46-47H,3,8,13-17,34H2,1-2H3,(H,36,48)(H,37,45)(H3,35,38,40,41)/t26?,27-,28+,32-/m1/s1. The van der Waals surface area contributed by atoms with Crippen molar-refractivity contribution in [2.45, 2.75) is 57.6 Å². The number of aliphatic hydroxyl groups is 2. The van der Waals surface area contributed by atoms with E-state index in [1.54, 1.807) is 36.1 Å². The third-order valence-corrected chi connectivity index (χ3v) is 8.17. The highest BCUT2D eigenvalue weighted by Gasteiger charge is 2.47. The lowest BCUT2D eigenvalue weighted by atomic mass is 10.1. The summed E-state index contributed by atoms with van der Waals surface area (Å²) in [5, 5.41) is 29.7. The molecule has 9 N–H and O–H groups in total. The van der Waals surface area contributed by atoms with E-state index in [4.69, 9.17) is 16.2 Å². The Kier molecular flexibility index (Phi) is 11.2. The van der Waals surface area contributed by atoms with E-state index in [0.717, 1.165) is 16.8 Å². The number of carbonyl (C=O) groups is 3. The fourth-order valence-electron chi connectivity index (χ4n) is 5.55. The number of nitrogens with one attached hydrogen (secondary N) is 3. The van der Waals surface area contributed by atoms with Crippen LogP contribution in [0.4, 0.5) is 23.1 Å². The van der Waals surface area contributed by atoms with Crippen molar-refractivity contribution in [3.8, 4) is 0 Å². The third-order valence-electron chi connectivity index (χ3n) is 8.17. The molecule has 0 radical (unpaired) electrons. The van der Waals surface area contributed by atoms with Crippen LogP contribution in [0, 0.1) is 0 Å². The molecule has 3 heterocycles. The Hall–Kier alpha value is -5.32. The summed E-state index contributed by atoms with van der Waals surface area (Å²) in [5.41, 5.74) is 15.9. The van der Waals surface area contributed by atoms with Crippen molar-refractivity contribution in [3.05, 3.63) is 66.0 Å². The second-order valence-electron chi connectivity index (χ2n) is 11.7. The maximum Gasteiger partial charge on any atom is 0.252 e. The monoisotopic (exact) mass is 674 g/mol. The molecule has 16 heteroatoms. The molecular formula is C33H42N10O6. The van der Waals surface area contributed by atoms with Crippen LogP contribution in [-0.2, 0) is 32.0 Å². The minimum atomic E-state index is -1.44. The van der Waals surface area contributed by atoms with E-state index in [1.165, 1.54) is 17.8 Å². The lowest BCUT2D eigenvalue weighted by molar-refractivity contribution is -0.137. The number of hydrogen-bond donors (Lipinski definition) is 7. The molecule has 2 aromatic carbocycles. The highest BCUT2D eigenvalue weighted by molar-refractivity contribution is 5.91. The van der Waals surface area contributed by atoms with Crippen molar-refractivity contribution in [3.63, 3.8) is 0 Å². The summed E-state index contributed by atoms with van der Waals surface area (Å²) in [6.07, 6.45) is -2.31. The number of fused-ring (bicyclic) bond motifs is 1. The van der Waals surface area contributed by atoms with Gasteiger partial charge in [-0.3, -0.25) is 19.0 Å². The number of nitrogens with zero attached hydrogens (tertiary/aromatic N) is 5. The molecular weight excluding hydrogens is 632 g/mol. The molecule has 0 aliphatic carbocycles. The van der Waals surface area contributed by atoms with E-state index in [0.29, 0.717) is 51.1 Å². The van der Waals surface area contributed by atoms with Crippen molar-refractivity contribution in [1.82, 2.24) is 30.2 Å². The van der Waals surface area contributed by atoms with Gasteiger partial charge in [0.2, 0.25) is 17.8 Å². The predicted molar refractivity (Wildman–Crippen MR) is 183 cm³/mol. The van der Waals surface area contributed by atoms with Crippen LogP contribution >= 0.6 is 0 Å². The number of nitrogen functional groups attached to an aromatic ring is 2. The van der Waals surface area contributed by atoms with Crippen LogP contribution in [0.15, 0.2) is 54.9 Å². The molecule has 0 bridgehead atoms. The molecule has 1 aliphatic heterocycles. The van der Waals surface area contributed by atoms with E-state index in [-0.39, 0.29) is 34.7 Å². The molecule has 0 spiro atoms. The number of imidazole rings is 1. The number of likely N-dealkylation sites (N-methyl/N-ethyl adjacent to an activating group) is 1. The Balaban J connectivity index is 1.09. The number of rotatable bonds is 14. The van der Waals surface area contributed by atoms with Crippen molar-refractivity contribution in [1.29, 1.82) is 0 Å². The van der Waals surface area contributed by atoms with Gasteiger partial charge in [0.15, 0.2) is 23.8 Å². The summed E-state index contributed by atoms with van der Waals surface area (Å²) in [6.45, 7) is 4.73. The van der Waals surface area contributed by atoms with Crippen LogP contribution in [0.1, 0.15) is 37.6 Å². The Morgan fingerprint density at radius 2 is 1.63 bits per heavy atom. The van der Waals surface area contributed by atoms with Gasteiger partial charge in [-0.15, -0.1) is 0 Å². The fraction of sp³-hybridized carbons (Fsp3) is 0.394. The minimum Gasteiger partial charge on any atom is -0.399 e. The van der Waals surface area contributed by atoms with Crippen LogP contribution in [0.5, 0.6) is 0 Å². The summed E-state index contributed by atoms with van der Waals surface area (Å²) >= 11 is 0. The van der Waals surface area contributed by atoms with Gasteiger partial charge >= 0.3 is 0 Å². The third kappa shape index (κ3) is 8.40. The van der Waals surface area contributed by atoms with Gasteiger partial charge in [-0.1, -0.05) is 24.3 Å². The minimum absolute atomic E-state index is 0.0985. The number of benzene rings is 2. The van der Waals surface area contributed by atoms with E-state index in [9.17, 15) is 24.6 Å². The maximum absolute atomic E-state index is 12.5. The summed E-state index contributed by atoms with van der Waals surface area (Å²) in [4.78, 5) is 51.5. The zero-order valence-electron chi connectivity index (χ0n) is 27.4. The van der Waals surface area contributed by atoms with Gasteiger partial charge in [-0.2, -0.15) is 9.97 Å². The highest BCUT2D eigenvalue weighted by Crippen LogP contribution is 2.32. The zero-order valence-corrected chi connectivity index (χ0v) is 27.4. The first-order valence-electron chi connectivity index (χ1n) is 16.1. The van der Waals surface area contributed by atoms with Gasteiger partial charge in [-0.25, -0.2) is 4.98 Å². The maximum atomic E-state index is 12.5. The number of amides is 3. The number of aromatic nitrogens is 4. The van der Waals surface area contributed by atoms with Gasteiger partial charge in [0.05, 0.1) is 6.33 Å². The molecule has 49 heavy (non-hydrogen) atoms. The Bertz CT molecular complexity index is 1760. The number of hydrogen-bond acceptors (Lipinski definition) is 12. The molecule has 4 atom stereocenters. The Morgan fingerprint density at radius 1 is 0.939 bits per heavy atom. The largest absolute Gasteiger partial charge is 0.399 e. The van der Waals surface area contributed by atoms with Crippen LogP contribution in [-0.4, -0.2) is 91.9 Å². The van der Waals surface area contributed by atoms with Gasteiger partial charge in [0.25, 0.3) is 5.91 Å². The van der Waals surface area contributed by atoms with E-state index in [2.05, 4.69) is 30.9 Å². The van der Waals surface area contributed by atoms with Crippen LogP contribution in [0.3, 0.4) is 0 Å². The lowest BCUT2D eigenvalue weighted by Crippen LogP contribution is -2.42. The molecule has 0 saturated carbocycles. The second-order valence-corrected chi connectivity index (χ2v) is 11.7. The fourth-order valence-corrected chi connectivity index (χ4v) is 5.55. The summed E-state index contributed by atoms with van der Waals surface area (Å²) in [5.74, 6) is -0.395. The summed E-state index contributed by atoms with van der Waals surface area (Å²) < 4.78 is 7.14. The molecule has 16 nitrogen and oxygen atoms in total. The van der Waals surface area contributed by atoms with Gasteiger partial charge in [-0.05, 0) is 55.2 Å². The molecule has 1 aliphatic rings. The predicted octanol–water partition coefficient (Wildman–Crippen LogP) is 0.503. The lowest BCUT2D eigenvalue weighted by Gasteiger charge is -2.21. The topological polar surface area (TPSA) is 236 Å². The zero-order chi connectivity index (χ0) is 35.1. The number of aryl methyl sites for hydroxylation is 1.